The molecule has 0 radical (unpaired) electrons. The molecule has 0 unspecified atom stereocenters. The van der Waals surface area contributed by atoms with Crippen LogP contribution in [-0.2, 0) is 11.2 Å². The fraction of sp³-hybridized carbons (Fsp3) is 0.267. The van der Waals surface area contributed by atoms with Crippen molar-refractivity contribution in [2.24, 2.45) is 0 Å². The minimum Gasteiger partial charge on any atom is -0.484 e. The molecule has 5 nitrogen and oxygen atoms in total. The van der Waals surface area contributed by atoms with E-state index in [2.05, 4.69) is 10.3 Å². The van der Waals surface area contributed by atoms with E-state index in [-0.39, 0.29) is 24.1 Å². The summed E-state index contributed by atoms with van der Waals surface area (Å²) in [6.07, 6.45) is 2.10. The van der Waals surface area contributed by atoms with Crippen molar-refractivity contribution in [1.29, 1.82) is 0 Å². The van der Waals surface area contributed by atoms with Crippen molar-refractivity contribution in [1.82, 2.24) is 4.98 Å². The third-order valence-corrected chi connectivity index (χ3v) is 4.25. The van der Waals surface area contributed by atoms with Crippen LogP contribution in [0.4, 0.5) is 9.52 Å². The largest absolute Gasteiger partial charge is 0.484 e. The highest BCUT2D eigenvalue weighted by Crippen LogP contribution is 2.29. The van der Waals surface area contributed by atoms with Gasteiger partial charge in [-0.05, 0) is 37.1 Å². The smallest absolute Gasteiger partial charge is 0.264 e. The predicted molar refractivity (Wildman–Crippen MR) is 79.9 cm³/mol. The minimum absolute atomic E-state index is 0.0850. The number of Topliss-reactive ketones (excluding diaryl/α,β-unsaturated/α-hetero) is 1. The highest BCUT2D eigenvalue weighted by Gasteiger charge is 2.22. The number of hydrogen-bond donors (Lipinski definition) is 1. The summed E-state index contributed by atoms with van der Waals surface area (Å²) in [5.74, 6) is -0.246. The lowest BCUT2D eigenvalue weighted by molar-refractivity contribution is -0.118. The molecule has 1 N–H and O–H groups in total. The number of amides is 1. The fourth-order valence-electron chi connectivity index (χ4n) is 2.16. The molecule has 1 aliphatic rings. The van der Waals surface area contributed by atoms with Crippen LogP contribution in [0.1, 0.15) is 28.2 Å². The van der Waals surface area contributed by atoms with Crippen molar-refractivity contribution in [3.63, 3.8) is 0 Å². The monoisotopic (exact) mass is 320 g/mol. The SMILES string of the molecule is O=C(COc1ccc(F)cc1)Nc1nc2c(s1)C(=O)CCC2. The number of halogens is 1. The minimum atomic E-state index is -0.372. The Balaban J connectivity index is 1.58. The molecule has 0 atom stereocenters. The summed E-state index contributed by atoms with van der Waals surface area (Å²) in [7, 11) is 0. The van der Waals surface area contributed by atoms with E-state index in [1.807, 2.05) is 0 Å². The van der Waals surface area contributed by atoms with E-state index in [4.69, 9.17) is 4.74 Å². The maximum absolute atomic E-state index is 12.7. The zero-order valence-electron chi connectivity index (χ0n) is 11.6. The van der Waals surface area contributed by atoms with Crippen LogP contribution in [0, 0.1) is 5.82 Å². The number of fused-ring (bicyclic) bond motifs is 1. The molecular formula is C15H13FN2O3S. The Bertz CT molecular complexity index is 712. The molecule has 1 aliphatic carbocycles. The van der Waals surface area contributed by atoms with E-state index in [0.717, 1.165) is 18.5 Å². The number of anilines is 1. The zero-order valence-corrected chi connectivity index (χ0v) is 12.4. The Labute approximate surface area is 130 Å². The lowest BCUT2D eigenvalue weighted by Gasteiger charge is -2.06. The molecule has 0 aliphatic heterocycles. The number of aryl methyl sites for hydroxylation is 1. The van der Waals surface area contributed by atoms with Gasteiger partial charge in [-0.25, -0.2) is 9.37 Å². The van der Waals surface area contributed by atoms with E-state index in [0.29, 0.717) is 22.2 Å². The Morgan fingerprint density at radius 1 is 1.32 bits per heavy atom. The number of thiazole rings is 1. The van der Waals surface area contributed by atoms with Crippen LogP contribution in [0.15, 0.2) is 24.3 Å². The van der Waals surface area contributed by atoms with Gasteiger partial charge >= 0.3 is 0 Å². The molecule has 1 aromatic carbocycles. The summed E-state index contributed by atoms with van der Waals surface area (Å²) in [5, 5.41) is 3.03. The molecule has 2 aromatic rings. The van der Waals surface area contributed by atoms with Crippen LogP contribution in [0.5, 0.6) is 5.75 Å². The average Bonchev–Trinajstić information content (AvgIpc) is 2.90. The van der Waals surface area contributed by atoms with Crippen LogP contribution in [0.3, 0.4) is 0 Å². The quantitative estimate of drug-likeness (QED) is 0.940. The molecule has 1 aromatic heterocycles. The number of benzene rings is 1. The van der Waals surface area contributed by atoms with Gasteiger partial charge in [-0.3, -0.25) is 14.9 Å². The number of nitrogens with one attached hydrogen (secondary N) is 1. The Morgan fingerprint density at radius 2 is 2.09 bits per heavy atom. The third-order valence-electron chi connectivity index (χ3n) is 3.20. The van der Waals surface area contributed by atoms with Crippen molar-refractivity contribution in [2.75, 3.05) is 11.9 Å². The van der Waals surface area contributed by atoms with Crippen molar-refractivity contribution < 1.29 is 18.7 Å². The average molecular weight is 320 g/mol. The van der Waals surface area contributed by atoms with E-state index in [1.54, 1.807) is 0 Å². The number of carbonyl (C=O) groups excluding carboxylic acids is 2. The predicted octanol–water partition coefficient (Wildman–Crippen LogP) is 2.82. The summed E-state index contributed by atoms with van der Waals surface area (Å²) in [4.78, 5) is 28.5. The van der Waals surface area contributed by atoms with E-state index in [1.165, 1.54) is 35.6 Å². The topological polar surface area (TPSA) is 68.3 Å². The van der Waals surface area contributed by atoms with Crippen molar-refractivity contribution in [3.8, 4) is 5.75 Å². The molecule has 1 heterocycles. The summed E-state index contributed by atoms with van der Waals surface area (Å²) in [5.41, 5.74) is 0.760. The maximum atomic E-state index is 12.7. The second kappa shape index (κ2) is 6.23. The first-order valence-corrected chi connectivity index (χ1v) is 7.64. The van der Waals surface area contributed by atoms with Gasteiger partial charge in [0.05, 0.1) is 10.6 Å². The van der Waals surface area contributed by atoms with E-state index in [9.17, 15) is 14.0 Å². The van der Waals surface area contributed by atoms with Gasteiger partial charge in [-0.15, -0.1) is 0 Å². The first kappa shape index (κ1) is 14.6. The van der Waals surface area contributed by atoms with Gasteiger partial charge in [0, 0.05) is 6.42 Å². The summed E-state index contributed by atoms with van der Waals surface area (Å²) < 4.78 is 18.0. The third kappa shape index (κ3) is 3.30. The first-order chi connectivity index (χ1) is 10.6. The van der Waals surface area contributed by atoms with Gasteiger partial charge in [0.15, 0.2) is 17.5 Å². The molecule has 114 valence electrons. The fourth-order valence-corrected chi connectivity index (χ4v) is 3.15. The second-order valence-electron chi connectivity index (χ2n) is 4.86. The van der Waals surface area contributed by atoms with Crippen LogP contribution < -0.4 is 10.1 Å². The lowest BCUT2D eigenvalue weighted by atomic mass is 10.0. The van der Waals surface area contributed by atoms with Gasteiger partial charge in [0.1, 0.15) is 11.6 Å². The van der Waals surface area contributed by atoms with Crippen molar-refractivity contribution >= 4 is 28.2 Å². The van der Waals surface area contributed by atoms with Gasteiger partial charge in [0.25, 0.3) is 5.91 Å². The first-order valence-electron chi connectivity index (χ1n) is 6.83. The number of ketones is 1. The Kier molecular flexibility index (Phi) is 4.15. The van der Waals surface area contributed by atoms with E-state index >= 15 is 0 Å². The molecule has 7 heteroatoms. The molecule has 0 fully saturated rings. The maximum Gasteiger partial charge on any atom is 0.264 e. The van der Waals surface area contributed by atoms with E-state index < -0.39 is 0 Å². The molecule has 0 saturated carbocycles. The number of aromatic nitrogens is 1. The number of hydrogen-bond acceptors (Lipinski definition) is 5. The van der Waals surface area contributed by atoms with Crippen molar-refractivity contribution in [3.05, 3.63) is 40.7 Å². The highest BCUT2D eigenvalue weighted by molar-refractivity contribution is 7.17. The molecule has 0 saturated heterocycles. The van der Waals surface area contributed by atoms with Crippen molar-refractivity contribution in [2.45, 2.75) is 19.3 Å². The van der Waals surface area contributed by atoms with Crippen LogP contribution in [0.2, 0.25) is 0 Å². The van der Waals surface area contributed by atoms with Crippen LogP contribution in [-0.4, -0.2) is 23.3 Å². The van der Waals surface area contributed by atoms with Gasteiger partial charge in [-0.1, -0.05) is 11.3 Å². The van der Waals surface area contributed by atoms with Gasteiger partial charge in [0.2, 0.25) is 0 Å². The highest BCUT2D eigenvalue weighted by atomic mass is 32.1. The standard InChI is InChI=1S/C15H13FN2O3S/c16-9-4-6-10(7-5-9)21-8-13(20)18-15-17-11-2-1-3-12(19)14(11)22-15/h4-7H,1-3,8H2,(H,17,18,20). The second-order valence-corrected chi connectivity index (χ2v) is 5.86. The number of rotatable bonds is 4. The molecule has 3 rings (SSSR count). The van der Waals surface area contributed by atoms with Crippen LogP contribution >= 0.6 is 11.3 Å². The summed E-state index contributed by atoms with van der Waals surface area (Å²) in [6, 6.07) is 5.41. The molecule has 1 amide bonds. The zero-order chi connectivity index (χ0) is 15.5. The number of nitrogens with zero attached hydrogens (tertiary/aromatic N) is 1. The normalized spacial score (nSPS) is 13.6. The summed E-state index contributed by atoms with van der Waals surface area (Å²) >= 11 is 1.20. The Morgan fingerprint density at radius 3 is 2.82 bits per heavy atom. The molecule has 0 spiro atoms. The van der Waals surface area contributed by atoms with Gasteiger partial charge < -0.3 is 4.74 Å². The lowest BCUT2D eigenvalue weighted by Crippen LogP contribution is -2.20. The summed E-state index contributed by atoms with van der Waals surface area (Å²) in [6.45, 7) is -0.205. The number of ether oxygens (including phenoxy) is 1. The molecule has 22 heavy (non-hydrogen) atoms. The van der Waals surface area contributed by atoms with Gasteiger partial charge in [-0.2, -0.15) is 0 Å². The van der Waals surface area contributed by atoms with Crippen LogP contribution in [0.25, 0.3) is 0 Å². The Hall–Kier alpha value is -2.28. The molecule has 0 bridgehead atoms. The number of carbonyl (C=O) groups is 2. The molecular weight excluding hydrogens is 307 g/mol.